The molecule has 6 nitrogen and oxygen atoms in total. The Bertz CT molecular complexity index is 659. The number of aryl methyl sites for hydroxylation is 2. The third-order valence-electron chi connectivity index (χ3n) is 5.52. The summed E-state index contributed by atoms with van der Waals surface area (Å²) >= 11 is 6.86. The molecule has 2 rings (SSSR count). The molecule has 0 aromatic carbocycles. The lowest BCUT2D eigenvalue weighted by atomic mass is 9.78. The molecule has 1 heterocycles. The largest absolute Gasteiger partial charge is 0.358 e. The van der Waals surface area contributed by atoms with E-state index in [1.807, 2.05) is 20.1 Å². The first kappa shape index (κ1) is 21.9. The minimum Gasteiger partial charge on any atom is -0.358 e. The van der Waals surface area contributed by atoms with Crippen LogP contribution in [0, 0.1) is 25.7 Å². The highest BCUT2D eigenvalue weighted by molar-refractivity contribution is 7.98. The highest BCUT2D eigenvalue weighted by atomic mass is 32.2. The standard InChI is InChI=1S/C19H31N5OS2/c1-11-7-6-8-16(12(11)2)22-18(26)24-23-17(25)10-9-15-13(3)20-19(27-5)21-14(15)4/h11-12,16H,6-10H2,1-5H3,(H,23,25)(H2,22,24,26)/t11-,12+,16+/m1/s1. The molecule has 1 amide bonds. The average molecular weight is 410 g/mol. The second-order valence-corrected chi connectivity index (χ2v) is 8.56. The molecule has 0 bridgehead atoms. The molecule has 1 aromatic rings. The Kier molecular flexibility index (Phi) is 8.28. The van der Waals surface area contributed by atoms with E-state index in [4.69, 9.17) is 12.2 Å². The first-order valence-corrected chi connectivity index (χ1v) is 11.2. The van der Waals surface area contributed by atoms with Crippen LogP contribution in [0.15, 0.2) is 5.16 Å². The molecule has 8 heteroatoms. The summed E-state index contributed by atoms with van der Waals surface area (Å²) in [6.45, 7) is 8.48. The van der Waals surface area contributed by atoms with Crippen molar-refractivity contribution in [3.63, 3.8) is 0 Å². The van der Waals surface area contributed by atoms with Crippen molar-refractivity contribution in [2.24, 2.45) is 11.8 Å². The zero-order valence-corrected chi connectivity index (χ0v) is 18.5. The number of hydrogen-bond donors (Lipinski definition) is 3. The minimum atomic E-state index is -0.100. The maximum absolute atomic E-state index is 12.2. The van der Waals surface area contributed by atoms with Crippen molar-refractivity contribution < 1.29 is 4.79 Å². The molecule has 0 radical (unpaired) electrons. The normalized spacial score (nSPS) is 22.2. The lowest BCUT2D eigenvalue weighted by molar-refractivity contribution is -0.121. The van der Waals surface area contributed by atoms with Crippen LogP contribution in [0.5, 0.6) is 0 Å². The quantitative estimate of drug-likeness (QED) is 0.298. The smallest absolute Gasteiger partial charge is 0.238 e. The molecular formula is C19H31N5OS2. The number of amides is 1. The predicted molar refractivity (Wildman–Crippen MR) is 115 cm³/mol. The van der Waals surface area contributed by atoms with E-state index in [1.54, 1.807) is 0 Å². The van der Waals surface area contributed by atoms with Crippen LogP contribution < -0.4 is 16.2 Å². The van der Waals surface area contributed by atoms with Gasteiger partial charge in [-0.05, 0) is 62.6 Å². The van der Waals surface area contributed by atoms with E-state index in [0.717, 1.165) is 28.5 Å². The molecule has 1 aliphatic carbocycles. The molecule has 1 aromatic heterocycles. The van der Waals surface area contributed by atoms with E-state index in [9.17, 15) is 4.79 Å². The maximum Gasteiger partial charge on any atom is 0.238 e. The van der Waals surface area contributed by atoms with E-state index in [0.29, 0.717) is 35.8 Å². The molecule has 3 atom stereocenters. The number of thiocarbonyl (C=S) groups is 1. The Balaban J connectivity index is 1.77. The number of carbonyl (C=O) groups excluding carboxylic acids is 1. The fourth-order valence-electron chi connectivity index (χ4n) is 3.58. The molecule has 1 saturated carbocycles. The number of rotatable bonds is 5. The number of thioether (sulfide) groups is 1. The summed E-state index contributed by atoms with van der Waals surface area (Å²) in [7, 11) is 0. The van der Waals surface area contributed by atoms with Crippen molar-refractivity contribution in [3.05, 3.63) is 17.0 Å². The monoisotopic (exact) mass is 409 g/mol. The van der Waals surface area contributed by atoms with Gasteiger partial charge < -0.3 is 5.32 Å². The van der Waals surface area contributed by atoms with Gasteiger partial charge in [0.15, 0.2) is 10.3 Å². The van der Waals surface area contributed by atoms with E-state index in [1.165, 1.54) is 24.6 Å². The van der Waals surface area contributed by atoms with Crippen LogP contribution in [0.3, 0.4) is 0 Å². The Hall–Kier alpha value is -1.41. The van der Waals surface area contributed by atoms with Crippen molar-refractivity contribution in [2.45, 2.75) is 71.0 Å². The fourth-order valence-corrected chi connectivity index (χ4v) is 4.24. The van der Waals surface area contributed by atoms with Crippen LogP contribution in [0.1, 0.15) is 56.5 Å². The van der Waals surface area contributed by atoms with Crippen molar-refractivity contribution in [3.8, 4) is 0 Å². The van der Waals surface area contributed by atoms with Gasteiger partial charge in [-0.1, -0.05) is 38.5 Å². The van der Waals surface area contributed by atoms with Gasteiger partial charge in [0.25, 0.3) is 0 Å². The Morgan fingerprint density at radius 1 is 1.19 bits per heavy atom. The van der Waals surface area contributed by atoms with Crippen LogP contribution >= 0.6 is 24.0 Å². The minimum absolute atomic E-state index is 0.100. The highest BCUT2D eigenvalue weighted by Crippen LogP contribution is 2.29. The van der Waals surface area contributed by atoms with Crippen molar-refractivity contribution in [2.75, 3.05) is 6.26 Å². The molecule has 0 spiro atoms. The van der Waals surface area contributed by atoms with E-state index < -0.39 is 0 Å². The molecule has 1 fully saturated rings. The SMILES string of the molecule is CSc1nc(C)c(CCC(=O)NNC(=S)N[C@H]2CCC[C@@H](C)[C@@H]2C)c(C)n1. The van der Waals surface area contributed by atoms with Crippen LogP contribution in [0.2, 0.25) is 0 Å². The zero-order valence-electron chi connectivity index (χ0n) is 16.9. The van der Waals surface area contributed by atoms with Crippen molar-refractivity contribution in [1.82, 2.24) is 26.1 Å². The average Bonchev–Trinajstić information content (AvgIpc) is 2.63. The van der Waals surface area contributed by atoms with Crippen molar-refractivity contribution in [1.29, 1.82) is 0 Å². The zero-order chi connectivity index (χ0) is 20.0. The molecular weight excluding hydrogens is 378 g/mol. The first-order valence-electron chi connectivity index (χ1n) is 9.55. The summed E-state index contributed by atoms with van der Waals surface area (Å²) in [5, 5.41) is 4.59. The summed E-state index contributed by atoms with van der Waals surface area (Å²) < 4.78 is 0. The Morgan fingerprint density at radius 3 is 2.48 bits per heavy atom. The van der Waals surface area contributed by atoms with Gasteiger partial charge in [0.05, 0.1) is 0 Å². The van der Waals surface area contributed by atoms with Gasteiger partial charge in [-0.15, -0.1) is 0 Å². The number of nitrogens with zero attached hydrogens (tertiary/aromatic N) is 2. The molecule has 1 aliphatic rings. The van der Waals surface area contributed by atoms with Gasteiger partial charge in [-0.2, -0.15) is 0 Å². The highest BCUT2D eigenvalue weighted by Gasteiger charge is 2.27. The molecule has 27 heavy (non-hydrogen) atoms. The van der Waals surface area contributed by atoms with Crippen LogP contribution in [-0.4, -0.2) is 33.3 Å². The second kappa shape index (κ2) is 10.2. The van der Waals surface area contributed by atoms with E-state index in [2.05, 4.69) is 40.0 Å². The van der Waals surface area contributed by atoms with Crippen LogP contribution in [0.25, 0.3) is 0 Å². The molecule has 3 N–H and O–H groups in total. The summed E-state index contributed by atoms with van der Waals surface area (Å²) in [6.07, 6.45) is 6.53. The number of carbonyl (C=O) groups is 1. The third kappa shape index (κ3) is 6.31. The number of nitrogens with one attached hydrogen (secondary N) is 3. The molecule has 0 aliphatic heterocycles. The third-order valence-corrected chi connectivity index (χ3v) is 6.29. The maximum atomic E-state index is 12.2. The van der Waals surface area contributed by atoms with E-state index >= 15 is 0 Å². The van der Waals surface area contributed by atoms with Gasteiger partial charge in [0, 0.05) is 23.9 Å². The van der Waals surface area contributed by atoms with Gasteiger partial charge in [-0.25, -0.2) is 9.97 Å². The summed E-state index contributed by atoms with van der Waals surface area (Å²) in [5.74, 6) is 1.17. The van der Waals surface area contributed by atoms with Gasteiger partial charge >= 0.3 is 0 Å². The first-order chi connectivity index (χ1) is 12.8. The lowest BCUT2D eigenvalue weighted by Gasteiger charge is -2.35. The van der Waals surface area contributed by atoms with Crippen LogP contribution in [0.4, 0.5) is 0 Å². The molecule has 150 valence electrons. The molecule has 0 unspecified atom stereocenters. The second-order valence-electron chi connectivity index (χ2n) is 7.38. The lowest BCUT2D eigenvalue weighted by Crippen LogP contribution is -2.52. The van der Waals surface area contributed by atoms with Gasteiger partial charge in [-0.3, -0.25) is 15.6 Å². The van der Waals surface area contributed by atoms with Gasteiger partial charge in [0.2, 0.25) is 5.91 Å². The predicted octanol–water partition coefficient (Wildman–Crippen LogP) is 3.07. The Morgan fingerprint density at radius 2 is 1.85 bits per heavy atom. The number of hydrazine groups is 1. The van der Waals surface area contributed by atoms with E-state index in [-0.39, 0.29) is 5.91 Å². The summed E-state index contributed by atoms with van der Waals surface area (Å²) in [5.41, 5.74) is 8.43. The van der Waals surface area contributed by atoms with Crippen LogP contribution in [-0.2, 0) is 11.2 Å². The summed E-state index contributed by atoms with van der Waals surface area (Å²) in [4.78, 5) is 21.1. The number of hydrogen-bond acceptors (Lipinski definition) is 5. The fraction of sp³-hybridized carbons (Fsp3) is 0.684. The number of aromatic nitrogens is 2. The molecule has 0 saturated heterocycles. The van der Waals surface area contributed by atoms with Crippen molar-refractivity contribution >= 4 is 35.0 Å². The topological polar surface area (TPSA) is 78.9 Å². The van der Waals surface area contributed by atoms with Gasteiger partial charge in [0.1, 0.15) is 0 Å². The Labute approximate surface area is 172 Å². The summed E-state index contributed by atoms with van der Waals surface area (Å²) in [6, 6.07) is 0.364.